The van der Waals surface area contributed by atoms with Crippen molar-refractivity contribution >= 4 is 22.8 Å². The Kier molecular flexibility index (Phi) is 5.60. The summed E-state index contributed by atoms with van der Waals surface area (Å²) in [4.78, 5) is 24.4. The first-order valence-corrected chi connectivity index (χ1v) is 13.4. The molecule has 2 aromatic carbocycles. The topological polar surface area (TPSA) is 99.2 Å². The third-order valence-corrected chi connectivity index (χ3v) is 8.27. The van der Waals surface area contributed by atoms with Crippen molar-refractivity contribution in [2.75, 3.05) is 18.8 Å². The van der Waals surface area contributed by atoms with E-state index in [1.165, 1.54) is 6.33 Å². The number of amides is 1. The SMILES string of the molecule is Nc1ncnc2c1c(-c1ccc(Oc3ccccc3)cc1)nn2C1CCCN(C(=O)C2CC3C=CC2C3)C1. The normalized spacial score (nSPS) is 24.3. The molecule has 8 nitrogen and oxygen atoms in total. The zero-order chi connectivity index (χ0) is 25.6. The van der Waals surface area contributed by atoms with Crippen molar-refractivity contribution in [2.24, 2.45) is 17.8 Å². The zero-order valence-corrected chi connectivity index (χ0v) is 21.1. The van der Waals surface area contributed by atoms with Crippen LogP contribution in [0.5, 0.6) is 11.5 Å². The molecule has 192 valence electrons. The molecule has 1 saturated heterocycles. The number of benzene rings is 2. The number of carbonyl (C=O) groups is 1. The average Bonchev–Trinajstić information content (AvgIpc) is 3.69. The first kappa shape index (κ1) is 23.0. The fourth-order valence-electron chi connectivity index (χ4n) is 6.41. The number of carbonyl (C=O) groups excluding carboxylic acids is 1. The molecule has 0 spiro atoms. The van der Waals surface area contributed by atoms with E-state index in [1.807, 2.05) is 59.3 Å². The summed E-state index contributed by atoms with van der Waals surface area (Å²) in [6, 6.07) is 17.6. The quantitative estimate of drug-likeness (QED) is 0.372. The highest BCUT2D eigenvalue weighted by atomic mass is 16.5. The lowest BCUT2D eigenvalue weighted by molar-refractivity contribution is -0.138. The lowest BCUT2D eigenvalue weighted by atomic mass is 9.91. The van der Waals surface area contributed by atoms with E-state index in [0.717, 1.165) is 60.4 Å². The molecule has 4 atom stereocenters. The van der Waals surface area contributed by atoms with Crippen LogP contribution in [-0.2, 0) is 4.79 Å². The summed E-state index contributed by atoms with van der Waals surface area (Å²) in [5.41, 5.74) is 8.72. The maximum atomic E-state index is 13.5. The second-order valence-electron chi connectivity index (χ2n) is 10.7. The molecule has 1 aliphatic heterocycles. The van der Waals surface area contributed by atoms with Gasteiger partial charge in [-0.05, 0) is 73.9 Å². The molecule has 1 amide bonds. The number of anilines is 1. The lowest BCUT2D eigenvalue weighted by Gasteiger charge is -2.35. The van der Waals surface area contributed by atoms with Gasteiger partial charge in [0.1, 0.15) is 29.3 Å². The predicted molar refractivity (Wildman–Crippen MR) is 145 cm³/mol. The van der Waals surface area contributed by atoms with E-state index in [-0.39, 0.29) is 12.0 Å². The largest absolute Gasteiger partial charge is 0.457 e. The number of aromatic nitrogens is 4. The summed E-state index contributed by atoms with van der Waals surface area (Å²) < 4.78 is 7.93. The fraction of sp³-hybridized carbons (Fsp3) is 0.333. The molecule has 0 radical (unpaired) electrons. The van der Waals surface area contributed by atoms with Crippen molar-refractivity contribution in [3.8, 4) is 22.8 Å². The zero-order valence-electron chi connectivity index (χ0n) is 21.1. The number of rotatable bonds is 5. The van der Waals surface area contributed by atoms with Crippen LogP contribution in [-0.4, -0.2) is 43.6 Å². The monoisotopic (exact) mass is 506 g/mol. The highest BCUT2D eigenvalue weighted by Crippen LogP contribution is 2.44. The van der Waals surface area contributed by atoms with Gasteiger partial charge in [-0.2, -0.15) is 5.10 Å². The molecule has 4 aromatic rings. The minimum atomic E-state index is 0.0352. The Morgan fingerprint density at radius 2 is 1.79 bits per heavy atom. The van der Waals surface area contributed by atoms with Gasteiger partial charge >= 0.3 is 0 Å². The number of ether oxygens (including phenoxy) is 1. The molecular formula is C30H30N6O2. The molecule has 7 rings (SSSR count). The van der Waals surface area contributed by atoms with Crippen molar-refractivity contribution in [3.05, 3.63) is 73.1 Å². The molecule has 4 unspecified atom stereocenters. The Morgan fingerprint density at radius 1 is 0.974 bits per heavy atom. The van der Waals surface area contributed by atoms with Gasteiger partial charge in [0.15, 0.2) is 5.65 Å². The number of hydrogen-bond acceptors (Lipinski definition) is 6. The number of piperidine rings is 1. The number of para-hydroxylation sites is 1. The van der Waals surface area contributed by atoms with Gasteiger partial charge in [0, 0.05) is 24.6 Å². The lowest BCUT2D eigenvalue weighted by Crippen LogP contribution is -2.44. The van der Waals surface area contributed by atoms with E-state index in [4.69, 9.17) is 15.6 Å². The Bertz CT molecular complexity index is 1510. The summed E-state index contributed by atoms with van der Waals surface area (Å²) >= 11 is 0. The summed E-state index contributed by atoms with van der Waals surface area (Å²) in [6.07, 6.45) is 10.0. The Hall–Kier alpha value is -4.20. The smallest absolute Gasteiger partial charge is 0.226 e. The molecule has 2 aromatic heterocycles. The van der Waals surface area contributed by atoms with Crippen molar-refractivity contribution in [2.45, 2.75) is 31.7 Å². The van der Waals surface area contributed by atoms with Crippen LogP contribution in [0.15, 0.2) is 73.1 Å². The maximum Gasteiger partial charge on any atom is 0.226 e. The average molecular weight is 507 g/mol. The van der Waals surface area contributed by atoms with E-state index in [2.05, 4.69) is 27.0 Å². The summed E-state index contributed by atoms with van der Waals surface area (Å²) in [5.74, 6) is 3.34. The van der Waals surface area contributed by atoms with Crippen LogP contribution in [0.1, 0.15) is 31.7 Å². The molecule has 1 saturated carbocycles. The highest BCUT2D eigenvalue weighted by molar-refractivity contribution is 5.98. The van der Waals surface area contributed by atoms with Gasteiger partial charge in [-0.15, -0.1) is 0 Å². The molecule has 8 heteroatoms. The highest BCUT2D eigenvalue weighted by Gasteiger charge is 2.42. The molecular weight excluding hydrogens is 476 g/mol. The van der Waals surface area contributed by atoms with Crippen molar-refractivity contribution in [3.63, 3.8) is 0 Å². The second-order valence-corrected chi connectivity index (χ2v) is 10.7. The molecule has 3 heterocycles. The van der Waals surface area contributed by atoms with Crippen LogP contribution in [0.25, 0.3) is 22.3 Å². The van der Waals surface area contributed by atoms with Crippen molar-refractivity contribution in [1.29, 1.82) is 0 Å². The van der Waals surface area contributed by atoms with E-state index in [1.54, 1.807) is 0 Å². The maximum absolute atomic E-state index is 13.5. The Morgan fingerprint density at radius 3 is 2.55 bits per heavy atom. The minimum Gasteiger partial charge on any atom is -0.457 e. The van der Waals surface area contributed by atoms with Crippen LogP contribution in [0, 0.1) is 17.8 Å². The van der Waals surface area contributed by atoms with Crippen LogP contribution < -0.4 is 10.5 Å². The third kappa shape index (κ3) is 4.00. The van der Waals surface area contributed by atoms with Crippen molar-refractivity contribution in [1.82, 2.24) is 24.6 Å². The standard InChI is InChI=1S/C30H30N6O2/c31-28-26-27(20-10-12-24(13-11-20)38-23-6-2-1-3-7-23)34-36(29(26)33-18-32-28)22-5-4-14-35(17-22)30(37)25-16-19-8-9-21(25)15-19/h1-3,6-13,18-19,21-22,25H,4-5,14-17H2,(H2,31,32,33). The van der Waals surface area contributed by atoms with Gasteiger partial charge in [-0.25, -0.2) is 14.6 Å². The van der Waals surface area contributed by atoms with Gasteiger partial charge in [-0.3, -0.25) is 4.79 Å². The minimum absolute atomic E-state index is 0.0352. The molecule has 2 bridgehead atoms. The Balaban J connectivity index is 1.18. The molecule has 38 heavy (non-hydrogen) atoms. The van der Waals surface area contributed by atoms with E-state index >= 15 is 0 Å². The molecule has 2 aliphatic carbocycles. The number of nitrogen functional groups attached to an aromatic ring is 1. The van der Waals surface area contributed by atoms with Gasteiger partial charge in [-0.1, -0.05) is 30.4 Å². The van der Waals surface area contributed by atoms with Crippen LogP contribution in [0.3, 0.4) is 0 Å². The third-order valence-electron chi connectivity index (χ3n) is 8.27. The van der Waals surface area contributed by atoms with Gasteiger partial charge < -0.3 is 15.4 Å². The molecule has 3 aliphatic rings. The predicted octanol–water partition coefficient (Wildman–Crippen LogP) is 5.24. The Labute approximate surface area is 221 Å². The molecule has 2 N–H and O–H groups in total. The van der Waals surface area contributed by atoms with Crippen LogP contribution in [0.2, 0.25) is 0 Å². The summed E-state index contributed by atoms with van der Waals surface area (Å²) in [6.45, 7) is 1.44. The first-order valence-electron chi connectivity index (χ1n) is 13.4. The number of likely N-dealkylation sites (tertiary alicyclic amines) is 1. The molecule has 2 fully saturated rings. The number of allylic oxidation sites excluding steroid dienone is 2. The van der Waals surface area contributed by atoms with Crippen LogP contribution >= 0.6 is 0 Å². The fourth-order valence-corrected chi connectivity index (χ4v) is 6.41. The van der Waals surface area contributed by atoms with Crippen molar-refractivity contribution < 1.29 is 9.53 Å². The van der Waals surface area contributed by atoms with E-state index in [0.29, 0.717) is 35.8 Å². The van der Waals surface area contributed by atoms with Gasteiger partial charge in [0.05, 0.1) is 11.4 Å². The van der Waals surface area contributed by atoms with E-state index in [9.17, 15) is 4.79 Å². The number of hydrogen-bond donors (Lipinski definition) is 1. The summed E-state index contributed by atoms with van der Waals surface area (Å²) in [7, 11) is 0. The number of nitrogens with zero attached hydrogens (tertiary/aromatic N) is 5. The second kappa shape index (κ2) is 9.28. The van der Waals surface area contributed by atoms with Gasteiger partial charge in [0.2, 0.25) is 5.91 Å². The van der Waals surface area contributed by atoms with Gasteiger partial charge in [0.25, 0.3) is 0 Å². The number of nitrogens with two attached hydrogens (primary N) is 1. The number of fused-ring (bicyclic) bond motifs is 3. The van der Waals surface area contributed by atoms with Crippen LogP contribution in [0.4, 0.5) is 5.82 Å². The summed E-state index contributed by atoms with van der Waals surface area (Å²) in [5, 5.41) is 5.77. The first-order chi connectivity index (χ1) is 18.6. The van der Waals surface area contributed by atoms with E-state index < -0.39 is 0 Å².